The molecule has 9 heteroatoms. The van der Waals surface area contributed by atoms with Crippen LogP contribution in [0, 0.1) is 6.92 Å². The summed E-state index contributed by atoms with van der Waals surface area (Å²) in [6.07, 6.45) is 2.59. The molecule has 0 bridgehead atoms. The van der Waals surface area contributed by atoms with Crippen molar-refractivity contribution < 1.29 is 13.2 Å². The van der Waals surface area contributed by atoms with Crippen molar-refractivity contribution in [1.29, 1.82) is 0 Å². The first kappa shape index (κ1) is 19.7. The molecule has 1 atom stereocenters. The number of sulfonamides is 1. The fraction of sp³-hybridized carbons (Fsp3) is 0.250. The highest BCUT2D eigenvalue weighted by Crippen LogP contribution is 2.31. The third-order valence-electron chi connectivity index (χ3n) is 4.80. The standard InChI is InChI=1S/C20H20N4O3S2/c1-13-6-4-9-15(12-13)18(25)21-19-22-23-20(28-19)29(26,27)24-17-11-5-8-14-7-2-3-10-16(14)17/h2-4,6-7,9-10,12,17,24H,5,8,11H2,1H3,(H,21,22,25)/t17-/m0/s1. The molecule has 0 aliphatic heterocycles. The largest absolute Gasteiger partial charge is 0.296 e. The lowest BCUT2D eigenvalue weighted by Crippen LogP contribution is -2.31. The molecule has 1 aliphatic carbocycles. The molecule has 4 rings (SSSR count). The minimum Gasteiger partial charge on any atom is -0.296 e. The highest BCUT2D eigenvalue weighted by molar-refractivity contribution is 7.91. The van der Waals surface area contributed by atoms with E-state index in [1.807, 2.05) is 37.3 Å². The molecule has 2 N–H and O–H groups in total. The Morgan fingerprint density at radius 2 is 1.97 bits per heavy atom. The zero-order valence-corrected chi connectivity index (χ0v) is 17.4. The predicted molar refractivity (Wildman–Crippen MR) is 111 cm³/mol. The van der Waals surface area contributed by atoms with E-state index in [1.165, 1.54) is 0 Å². The van der Waals surface area contributed by atoms with Gasteiger partial charge in [-0.25, -0.2) is 13.1 Å². The monoisotopic (exact) mass is 428 g/mol. The molecule has 29 heavy (non-hydrogen) atoms. The summed E-state index contributed by atoms with van der Waals surface area (Å²) in [5.41, 5.74) is 3.59. The second-order valence-electron chi connectivity index (χ2n) is 6.96. The minimum atomic E-state index is -3.85. The molecular formula is C20H20N4O3S2. The van der Waals surface area contributed by atoms with Gasteiger partial charge in [0.05, 0.1) is 0 Å². The first-order valence-electron chi connectivity index (χ1n) is 9.24. The van der Waals surface area contributed by atoms with Crippen molar-refractivity contribution in [3.05, 3.63) is 70.8 Å². The van der Waals surface area contributed by atoms with E-state index in [2.05, 4.69) is 20.2 Å². The molecule has 3 aromatic rings. The summed E-state index contributed by atoms with van der Waals surface area (Å²) in [7, 11) is -3.85. The molecule has 1 aliphatic rings. The van der Waals surface area contributed by atoms with Gasteiger partial charge in [-0.15, -0.1) is 10.2 Å². The SMILES string of the molecule is Cc1cccc(C(=O)Nc2nnc(S(=O)(=O)N[C@H]3CCCc4ccccc43)s2)c1. The number of hydrogen-bond donors (Lipinski definition) is 2. The number of carbonyl (C=O) groups is 1. The Bertz CT molecular complexity index is 1160. The van der Waals surface area contributed by atoms with Crippen LogP contribution >= 0.6 is 11.3 Å². The van der Waals surface area contributed by atoms with Crippen molar-refractivity contribution in [3.8, 4) is 0 Å². The van der Waals surface area contributed by atoms with E-state index in [4.69, 9.17) is 0 Å². The van der Waals surface area contributed by atoms with Gasteiger partial charge in [0.15, 0.2) is 0 Å². The van der Waals surface area contributed by atoms with Crippen molar-refractivity contribution in [2.75, 3.05) is 5.32 Å². The van der Waals surface area contributed by atoms with Crippen molar-refractivity contribution >= 4 is 32.4 Å². The number of fused-ring (bicyclic) bond motifs is 1. The van der Waals surface area contributed by atoms with Gasteiger partial charge in [-0.05, 0) is 49.4 Å². The van der Waals surface area contributed by atoms with Crippen LogP contribution in [0.3, 0.4) is 0 Å². The number of benzene rings is 2. The fourth-order valence-electron chi connectivity index (χ4n) is 3.44. The fourth-order valence-corrected chi connectivity index (χ4v) is 5.60. The molecule has 0 saturated carbocycles. The van der Waals surface area contributed by atoms with Crippen LogP contribution in [-0.4, -0.2) is 24.5 Å². The highest BCUT2D eigenvalue weighted by Gasteiger charge is 2.28. The number of amides is 1. The molecule has 150 valence electrons. The lowest BCUT2D eigenvalue weighted by molar-refractivity contribution is 0.102. The average Bonchev–Trinajstić information content (AvgIpc) is 3.18. The maximum atomic E-state index is 12.8. The van der Waals surface area contributed by atoms with Crippen LogP contribution in [0.1, 0.15) is 45.9 Å². The lowest BCUT2D eigenvalue weighted by Gasteiger charge is -2.25. The molecule has 0 radical (unpaired) electrons. The normalized spacial score (nSPS) is 16.2. The molecule has 0 fully saturated rings. The lowest BCUT2D eigenvalue weighted by atomic mass is 9.88. The Kier molecular flexibility index (Phi) is 5.44. The maximum Gasteiger partial charge on any atom is 0.270 e. The molecule has 1 aromatic heterocycles. The number of nitrogens with one attached hydrogen (secondary N) is 2. The molecule has 1 heterocycles. The molecule has 0 saturated heterocycles. The van der Waals surface area contributed by atoms with Crippen LogP contribution in [0.2, 0.25) is 0 Å². The van der Waals surface area contributed by atoms with Gasteiger partial charge in [-0.3, -0.25) is 10.1 Å². The Hall–Kier alpha value is -2.62. The number of rotatable bonds is 5. The first-order chi connectivity index (χ1) is 13.9. The van der Waals surface area contributed by atoms with Crippen LogP contribution in [0.5, 0.6) is 0 Å². The average molecular weight is 429 g/mol. The molecule has 2 aromatic carbocycles. The van der Waals surface area contributed by atoms with E-state index >= 15 is 0 Å². The van der Waals surface area contributed by atoms with Crippen LogP contribution in [0.25, 0.3) is 0 Å². The quantitative estimate of drug-likeness (QED) is 0.606. The van der Waals surface area contributed by atoms with Gasteiger partial charge in [0, 0.05) is 11.6 Å². The zero-order valence-electron chi connectivity index (χ0n) is 15.8. The Balaban J connectivity index is 1.49. The van der Waals surface area contributed by atoms with Gasteiger partial charge in [0.1, 0.15) is 0 Å². The van der Waals surface area contributed by atoms with Gasteiger partial charge in [0.25, 0.3) is 15.9 Å². The second-order valence-corrected chi connectivity index (χ2v) is 9.83. The summed E-state index contributed by atoms with van der Waals surface area (Å²) >= 11 is 0.832. The van der Waals surface area contributed by atoms with E-state index in [0.29, 0.717) is 5.56 Å². The van der Waals surface area contributed by atoms with Gasteiger partial charge >= 0.3 is 0 Å². The van der Waals surface area contributed by atoms with E-state index in [0.717, 1.165) is 47.3 Å². The van der Waals surface area contributed by atoms with Crippen LogP contribution < -0.4 is 10.0 Å². The number of carbonyl (C=O) groups excluding carboxylic acids is 1. The van der Waals surface area contributed by atoms with Crippen molar-refractivity contribution in [2.45, 2.75) is 36.6 Å². The number of nitrogens with zero attached hydrogens (tertiary/aromatic N) is 2. The van der Waals surface area contributed by atoms with E-state index in [1.54, 1.807) is 18.2 Å². The van der Waals surface area contributed by atoms with Gasteiger partial charge in [-0.2, -0.15) is 0 Å². The summed E-state index contributed by atoms with van der Waals surface area (Å²) in [6.45, 7) is 1.89. The smallest absolute Gasteiger partial charge is 0.270 e. The molecule has 1 amide bonds. The molecule has 0 spiro atoms. The van der Waals surface area contributed by atoms with Crippen LogP contribution in [0.15, 0.2) is 52.9 Å². The van der Waals surface area contributed by atoms with Gasteiger partial charge in [0.2, 0.25) is 9.47 Å². The number of aryl methyl sites for hydroxylation is 2. The van der Waals surface area contributed by atoms with Crippen LogP contribution in [-0.2, 0) is 16.4 Å². The summed E-state index contributed by atoms with van der Waals surface area (Å²) < 4.78 is 28.2. The molecule has 7 nitrogen and oxygen atoms in total. The summed E-state index contributed by atoms with van der Waals surface area (Å²) in [5.74, 6) is -0.358. The Morgan fingerprint density at radius 1 is 1.14 bits per heavy atom. The second kappa shape index (κ2) is 8.02. The molecular weight excluding hydrogens is 408 g/mol. The highest BCUT2D eigenvalue weighted by atomic mass is 32.2. The summed E-state index contributed by atoms with van der Waals surface area (Å²) in [4.78, 5) is 12.3. The predicted octanol–water partition coefficient (Wildman–Crippen LogP) is 3.45. The number of anilines is 1. The maximum absolute atomic E-state index is 12.8. The third kappa shape index (κ3) is 4.36. The van der Waals surface area contributed by atoms with Gasteiger partial charge in [-0.1, -0.05) is 53.3 Å². The van der Waals surface area contributed by atoms with E-state index in [-0.39, 0.29) is 21.4 Å². The van der Waals surface area contributed by atoms with Crippen LogP contribution in [0.4, 0.5) is 5.13 Å². The summed E-state index contributed by atoms with van der Waals surface area (Å²) in [6, 6.07) is 14.7. The van der Waals surface area contributed by atoms with Crippen molar-refractivity contribution in [3.63, 3.8) is 0 Å². The zero-order chi connectivity index (χ0) is 20.4. The van der Waals surface area contributed by atoms with Gasteiger partial charge < -0.3 is 0 Å². The van der Waals surface area contributed by atoms with Crippen molar-refractivity contribution in [2.24, 2.45) is 0 Å². The minimum absolute atomic E-state index is 0.140. The van der Waals surface area contributed by atoms with Crippen molar-refractivity contribution in [1.82, 2.24) is 14.9 Å². The van der Waals surface area contributed by atoms with E-state index < -0.39 is 10.0 Å². The third-order valence-corrected chi connectivity index (χ3v) is 7.48. The topological polar surface area (TPSA) is 101 Å². The Morgan fingerprint density at radius 3 is 2.79 bits per heavy atom. The number of aromatic nitrogens is 2. The first-order valence-corrected chi connectivity index (χ1v) is 11.5. The number of hydrogen-bond acceptors (Lipinski definition) is 6. The summed E-state index contributed by atoms with van der Waals surface area (Å²) in [5, 5.41) is 10.4. The Labute approximate surface area is 173 Å². The molecule has 0 unspecified atom stereocenters. The van der Waals surface area contributed by atoms with E-state index in [9.17, 15) is 13.2 Å².